The maximum atomic E-state index is 11.8. The highest BCUT2D eigenvalue weighted by atomic mass is 16.3. The Bertz CT molecular complexity index is 501. The Labute approximate surface area is 93.2 Å². The minimum absolute atomic E-state index is 0.00912. The van der Waals surface area contributed by atoms with Crippen LogP contribution in [-0.2, 0) is 16.0 Å². The average molecular weight is 219 g/mol. The molecular weight excluding hydrogens is 206 g/mol. The molecule has 1 amide bonds. The summed E-state index contributed by atoms with van der Waals surface area (Å²) in [5, 5.41) is 0. The van der Waals surface area contributed by atoms with Crippen molar-refractivity contribution in [3.8, 4) is 0 Å². The van der Waals surface area contributed by atoms with Crippen LogP contribution in [0, 0.1) is 13.8 Å². The number of carbonyl (C=O) groups excluding carboxylic acids is 2. The van der Waals surface area contributed by atoms with Gasteiger partial charge in [-0.1, -0.05) is 0 Å². The molecule has 2 aliphatic heterocycles. The monoisotopic (exact) mass is 219 g/mol. The van der Waals surface area contributed by atoms with Crippen LogP contribution in [-0.4, -0.2) is 23.1 Å². The van der Waals surface area contributed by atoms with Crippen LogP contribution in [0.1, 0.15) is 35.1 Å². The Morgan fingerprint density at radius 1 is 1.25 bits per heavy atom. The van der Waals surface area contributed by atoms with Gasteiger partial charge in [-0.05, 0) is 20.3 Å². The first-order chi connectivity index (χ1) is 7.59. The molecule has 1 aromatic heterocycles. The molecule has 0 bridgehead atoms. The van der Waals surface area contributed by atoms with Crippen molar-refractivity contribution >= 4 is 11.7 Å². The van der Waals surface area contributed by atoms with Crippen LogP contribution in [0.15, 0.2) is 4.42 Å². The van der Waals surface area contributed by atoms with Crippen molar-refractivity contribution in [2.45, 2.75) is 32.7 Å². The molecule has 1 aromatic rings. The van der Waals surface area contributed by atoms with Gasteiger partial charge in [0.2, 0.25) is 5.91 Å². The first-order valence-corrected chi connectivity index (χ1v) is 5.50. The fourth-order valence-corrected chi connectivity index (χ4v) is 2.88. The number of furan rings is 1. The first-order valence-electron chi connectivity index (χ1n) is 5.50. The summed E-state index contributed by atoms with van der Waals surface area (Å²) in [5.74, 6) is 1.64. The van der Waals surface area contributed by atoms with Crippen molar-refractivity contribution in [1.82, 2.24) is 4.90 Å². The zero-order chi connectivity index (χ0) is 11.4. The maximum absolute atomic E-state index is 11.8. The first kappa shape index (κ1) is 9.63. The van der Waals surface area contributed by atoms with Crippen molar-refractivity contribution < 1.29 is 14.0 Å². The predicted molar refractivity (Wildman–Crippen MR) is 56.0 cm³/mol. The van der Waals surface area contributed by atoms with Gasteiger partial charge in [-0.15, -0.1) is 0 Å². The smallest absolute Gasteiger partial charge is 0.231 e. The maximum Gasteiger partial charge on any atom is 0.231 e. The summed E-state index contributed by atoms with van der Waals surface area (Å²) >= 11 is 0. The molecule has 3 rings (SSSR count). The lowest BCUT2D eigenvalue weighted by Gasteiger charge is -2.28. The molecule has 3 heterocycles. The summed E-state index contributed by atoms with van der Waals surface area (Å²) in [6.45, 7) is 4.43. The number of fused-ring (bicyclic) bond motifs is 3. The van der Waals surface area contributed by atoms with Crippen LogP contribution >= 0.6 is 0 Å². The summed E-state index contributed by atoms with van der Waals surface area (Å²) in [6, 6.07) is -0.367. The van der Waals surface area contributed by atoms with Gasteiger partial charge in [0, 0.05) is 17.7 Å². The van der Waals surface area contributed by atoms with Gasteiger partial charge in [-0.25, -0.2) is 0 Å². The number of nitrogens with zero attached hydrogens (tertiary/aromatic N) is 1. The molecule has 16 heavy (non-hydrogen) atoms. The zero-order valence-electron chi connectivity index (χ0n) is 9.37. The molecule has 1 unspecified atom stereocenters. The van der Waals surface area contributed by atoms with Crippen molar-refractivity contribution in [2.24, 2.45) is 0 Å². The number of carbonyl (C=O) groups is 2. The number of ketones is 1. The van der Waals surface area contributed by atoms with E-state index in [1.54, 1.807) is 4.90 Å². The third kappa shape index (κ3) is 1.04. The Kier molecular flexibility index (Phi) is 1.79. The Hall–Kier alpha value is -1.58. The van der Waals surface area contributed by atoms with Gasteiger partial charge < -0.3 is 9.32 Å². The van der Waals surface area contributed by atoms with Crippen molar-refractivity contribution in [3.05, 3.63) is 22.6 Å². The number of Topliss-reactive ketones (excluding diaryl/α,β-unsaturated/α-hetero) is 1. The Balaban J connectivity index is 2.18. The molecule has 4 nitrogen and oxygen atoms in total. The van der Waals surface area contributed by atoms with Gasteiger partial charge >= 0.3 is 0 Å². The van der Waals surface area contributed by atoms with Crippen LogP contribution in [0.25, 0.3) is 0 Å². The molecule has 84 valence electrons. The zero-order valence-corrected chi connectivity index (χ0v) is 9.37. The van der Waals surface area contributed by atoms with E-state index in [2.05, 4.69) is 0 Å². The molecule has 0 saturated carbocycles. The molecule has 0 aliphatic carbocycles. The van der Waals surface area contributed by atoms with Crippen LogP contribution < -0.4 is 0 Å². The molecule has 1 fully saturated rings. The van der Waals surface area contributed by atoms with Crippen LogP contribution in [0.2, 0.25) is 0 Å². The fourth-order valence-electron chi connectivity index (χ4n) is 2.88. The van der Waals surface area contributed by atoms with Gasteiger partial charge in [0.25, 0.3) is 0 Å². The lowest BCUT2D eigenvalue weighted by atomic mass is 9.93. The lowest BCUT2D eigenvalue weighted by molar-refractivity contribution is -0.129. The topological polar surface area (TPSA) is 50.5 Å². The van der Waals surface area contributed by atoms with E-state index in [-0.39, 0.29) is 24.2 Å². The summed E-state index contributed by atoms with van der Waals surface area (Å²) < 4.78 is 5.57. The van der Waals surface area contributed by atoms with Gasteiger partial charge in [-0.2, -0.15) is 0 Å². The Morgan fingerprint density at radius 2 is 2.00 bits per heavy atom. The van der Waals surface area contributed by atoms with E-state index >= 15 is 0 Å². The molecule has 0 N–H and O–H groups in total. The molecule has 1 atom stereocenters. The standard InChI is InChI=1S/C12H13NO3/c1-6-8-3-4-13-10(15)5-9(14)12(13)11(8)7(2)16-6/h12H,3-5H2,1-2H3. The third-order valence-electron chi connectivity index (χ3n) is 3.57. The second-order valence-corrected chi connectivity index (χ2v) is 4.49. The van der Waals surface area contributed by atoms with E-state index < -0.39 is 0 Å². The number of aryl methyl sites for hydroxylation is 2. The lowest BCUT2D eigenvalue weighted by Crippen LogP contribution is -2.35. The highest BCUT2D eigenvalue weighted by molar-refractivity contribution is 6.08. The van der Waals surface area contributed by atoms with E-state index in [9.17, 15) is 9.59 Å². The number of hydrogen-bond acceptors (Lipinski definition) is 3. The van der Waals surface area contributed by atoms with Gasteiger partial charge in [-0.3, -0.25) is 9.59 Å². The quantitative estimate of drug-likeness (QED) is 0.618. The minimum atomic E-state index is -0.367. The van der Waals surface area contributed by atoms with Crippen molar-refractivity contribution in [1.29, 1.82) is 0 Å². The van der Waals surface area contributed by atoms with Crippen molar-refractivity contribution in [2.75, 3.05) is 6.54 Å². The van der Waals surface area contributed by atoms with Gasteiger partial charge in [0.15, 0.2) is 5.78 Å². The summed E-state index contributed by atoms with van der Waals surface area (Å²) in [7, 11) is 0. The van der Waals surface area contributed by atoms with E-state index in [4.69, 9.17) is 4.42 Å². The molecule has 2 aliphatic rings. The molecule has 0 spiro atoms. The van der Waals surface area contributed by atoms with Crippen LogP contribution in [0.5, 0.6) is 0 Å². The molecule has 1 saturated heterocycles. The van der Waals surface area contributed by atoms with E-state index in [0.29, 0.717) is 6.54 Å². The molecule has 0 radical (unpaired) electrons. The van der Waals surface area contributed by atoms with Crippen molar-refractivity contribution in [3.63, 3.8) is 0 Å². The van der Waals surface area contributed by atoms with E-state index in [1.165, 1.54) is 0 Å². The van der Waals surface area contributed by atoms with Crippen LogP contribution in [0.4, 0.5) is 0 Å². The van der Waals surface area contributed by atoms with Crippen LogP contribution in [0.3, 0.4) is 0 Å². The highest BCUT2D eigenvalue weighted by Gasteiger charge is 2.44. The molecule has 0 aromatic carbocycles. The fraction of sp³-hybridized carbons (Fsp3) is 0.500. The number of hydrogen-bond donors (Lipinski definition) is 0. The van der Waals surface area contributed by atoms with E-state index in [0.717, 1.165) is 29.1 Å². The summed E-state index contributed by atoms with van der Waals surface area (Å²) in [6.07, 6.45) is 0.849. The summed E-state index contributed by atoms with van der Waals surface area (Å²) in [4.78, 5) is 25.1. The molecular formula is C12H13NO3. The average Bonchev–Trinajstić information content (AvgIpc) is 2.67. The largest absolute Gasteiger partial charge is 0.466 e. The molecule has 4 heteroatoms. The van der Waals surface area contributed by atoms with E-state index in [1.807, 2.05) is 13.8 Å². The normalized spacial score (nSPS) is 23.6. The number of rotatable bonds is 0. The summed E-state index contributed by atoms with van der Waals surface area (Å²) in [5.41, 5.74) is 2.07. The predicted octanol–water partition coefficient (Wildman–Crippen LogP) is 1.30. The Morgan fingerprint density at radius 3 is 2.75 bits per heavy atom. The second kappa shape index (κ2) is 2.97. The highest BCUT2D eigenvalue weighted by Crippen LogP contribution is 2.40. The van der Waals surface area contributed by atoms with Gasteiger partial charge in [0.05, 0.1) is 6.42 Å². The third-order valence-corrected chi connectivity index (χ3v) is 3.57. The number of amides is 1. The van der Waals surface area contributed by atoms with Gasteiger partial charge in [0.1, 0.15) is 17.6 Å². The minimum Gasteiger partial charge on any atom is -0.466 e. The SMILES string of the molecule is Cc1oc(C)c2c1CCN1C(=O)CC(=O)C21. The second-order valence-electron chi connectivity index (χ2n) is 4.49.